The van der Waals surface area contributed by atoms with Gasteiger partial charge in [-0.05, 0) is 30.3 Å². The first-order valence-electron chi connectivity index (χ1n) is 6.70. The Morgan fingerprint density at radius 2 is 2.05 bits per heavy atom. The number of carbonyl (C=O) groups excluding carboxylic acids is 1. The van der Waals surface area contributed by atoms with Crippen molar-refractivity contribution in [3.63, 3.8) is 0 Å². The molecule has 0 saturated carbocycles. The van der Waals surface area contributed by atoms with Crippen molar-refractivity contribution < 1.29 is 4.79 Å². The van der Waals surface area contributed by atoms with E-state index < -0.39 is 0 Å². The molecule has 0 aliphatic heterocycles. The minimum Gasteiger partial charge on any atom is -0.352 e. The number of halogens is 1. The second-order valence-electron chi connectivity index (χ2n) is 4.72. The number of hydrogen-bond acceptors (Lipinski definition) is 2. The predicted octanol–water partition coefficient (Wildman–Crippen LogP) is 3.19. The molecule has 5 heteroatoms. The number of hydrogen-bond donors (Lipinski definition) is 2. The van der Waals surface area contributed by atoms with Gasteiger partial charge in [0.15, 0.2) is 0 Å². The van der Waals surface area contributed by atoms with Gasteiger partial charge < -0.3 is 10.3 Å². The van der Waals surface area contributed by atoms with Crippen molar-refractivity contribution in [2.45, 2.75) is 6.42 Å². The van der Waals surface area contributed by atoms with Gasteiger partial charge in [0.1, 0.15) is 5.82 Å². The van der Waals surface area contributed by atoms with E-state index in [9.17, 15) is 4.79 Å². The lowest BCUT2D eigenvalue weighted by Crippen LogP contribution is -2.25. The molecule has 0 spiro atoms. The molecule has 0 aliphatic rings. The normalized spacial score (nSPS) is 10.7. The third-order valence-corrected chi connectivity index (χ3v) is 3.41. The highest BCUT2D eigenvalue weighted by Crippen LogP contribution is 2.11. The number of amides is 1. The maximum Gasteiger partial charge on any atom is 0.251 e. The monoisotopic (exact) mass is 299 g/mol. The lowest BCUT2D eigenvalue weighted by atomic mass is 10.2. The zero-order valence-electron chi connectivity index (χ0n) is 11.3. The number of H-pyrrole nitrogens is 1. The summed E-state index contributed by atoms with van der Waals surface area (Å²) in [4.78, 5) is 19.7. The van der Waals surface area contributed by atoms with E-state index in [-0.39, 0.29) is 5.91 Å². The minimum atomic E-state index is -0.131. The van der Waals surface area contributed by atoms with E-state index >= 15 is 0 Å². The SMILES string of the molecule is O=C(NCCc1nc2ccccc2[nH]1)c1cccc(Cl)c1. The van der Waals surface area contributed by atoms with Crippen molar-refractivity contribution in [3.05, 3.63) is 64.9 Å². The smallest absolute Gasteiger partial charge is 0.251 e. The van der Waals surface area contributed by atoms with Gasteiger partial charge in [-0.1, -0.05) is 29.8 Å². The molecule has 3 aromatic rings. The highest BCUT2D eigenvalue weighted by molar-refractivity contribution is 6.30. The van der Waals surface area contributed by atoms with Gasteiger partial charge in [0, 0.05) is 23.6 Å². The van der Waals surface area contributed by atoms with E-state index in [2.05, 4.69) is 15.3 Å². The summed E-state index contributed by atoms with van der Waals surface area (Å²) in [6.45, 7) is 0.519. The Bertz CT molecular complexity index is 749. The molecule has 0 radical (unpaired) electrons. The van der Waals surface area contributed by atoms with Crippen molar-refractivity contribution in [1.29, 1.82) is 0 Å². The average Bonchev–Trinajstić information content (AvgIpc) is 2.89. The average molecular weight is 300 g/mol. The fraction of sp³-hybridized carbons (Fsp3) is 0.125. The standard InChI is InChI=1S/C16H14ClN3O/c17-12-5-3-4-11(10-12)16(21)18-9-8-15-19-13-6-1-2-7-14(13)20-15/h1-7,10H,8-9H2,(H,18,21)(H,19,20). The summed E-state index contributed by atoms with van der Waals surface area (Å²) in [5.74, 6) is 0.733. The molecular weight excluding hydrogens is 286 g/mol. The van der Waals surface area contributed by atoms with Crippen LogP contribution in [0.25, 0.3) is 11.0 Å². The Kier molecular flexibility index (Phi) is 3.88. The van der Waals surface area contributed by atoms with Gasteiger partial charge in [-0.15, -0.1) is 0 Å². The number of aromatic nitrogens is 2. The highest BCUT2D eigenvalue weighted by Gasteiger charge is 2.06. The van der Waals surface area contributed by atoms with Crippen LogP contribution in [0.4, 0.5) is 0 Å². The van der Waals surface area contributed by atoms with Crippen LogP contribution >= 0.6 is 11.6 Å². The molecule has 0 saturated heterocycles. The number of fused-ring (bicyclic) bond motifs is 1. The lowest BCUT2D eigenvalue weighted by Gasteiger charge is -2.04. The van der Waals surface area contributed by atoms with Crippen LogP contribution in [0.2, 0.25) is 5.02 Å². The number of aromatic amines is 1. The van der Waals surface area contributed by atoms with Crippen molar-refractivity contribution in [2.75, 3.05) is 6.54 Å². The van der Waals surface area contributed by atoms with Crippen LogP contribution in [0.3, 0.4) is 0 Å². The summed E-state index contributed by atoms with van der Waals surface area (Å²) in [6, 6.07) is 14.7. The van der Waals surface area contributed by atoms with Crippen LogP contribution in [0, 0.1) is 0 Å². The fourth-order valence-electron chi connectivity index (χ4n) is 2.15. The van der Waals surface area contributed by atoms with E-state index in [1.54, 1.807) is 24.3 Å². The number of carbonyl (C=O) groups is 1. The topological polar surface area (TPSA) is 57.8 Å². The van der Waals surface area contributed by atoms with E-state index in [0.717, 1.165) is 16.9 Å². The lowest BCUT2D eigenvalue weighted by molar-refractivity contribution is 0.0954. The van der Waals surface area contributed by atoms with Crippen LogP contribution in [0.15, 0.2) is 48.5 Å². The highest BCUT2D eigenvalue weighted by atomic mass is 35.5. The number of rotatable bonds is 4. The van der Waals surface area contributed by atoms with Crippen molar-refractivity contribution in [3.8, 4) is 0 Å². The van der Waals surface area contributed by atoms with Gasteiger partial charge in [0.2, 0.25) is 0 Å². The zero-order valence-corrected chi connectivity index (χ0v) is 12.0. The summed E-state index contributed by atoms with van der Waals surface area (Å²) in [7, 11) is 0. The molecule has 1 heterocycles. The number of nitrogens with one attached hydrogen (secondary N) is 2. The Morgan fingerprint density at radius 1 is 1.19 bits per heavy atom. The van der Waals surface area contributed by atoms with Crippen LogP contribution in [-0.2, 0) is 6.42 Å². The summed E-state index contributed by atoms with van der Waals surface area (Å²) in [6.07, 6.45) is 0.654. The number of benzene rings is 2. The Hall–Kier alpha value is -2.33. The second-order valence-corrected chi connectivity index (χ2v) is 5.15. The molecule has 0 bridgehead atoms. The number of imidazole rings is 1. The molecule has 1 aromatic heterocycles. The first-order valence-corrected chi connectivity index (χ1v) is 7.07. The van der Waals surface area contributed by atoms with Gasteiger partial charge in [-0.25, -0.2) is 4.98 Å². The Labute approximate surface area is 127 Å². The molecule has 2 N–H and O–H groups in total. The molecule has 4 nitrogen and oxygen atoms in total. The summed E-state index contributed by atoms with van der Waals surface area (Å²) >= 11 is 5.87. The predicted molar refractivity (Wildman–Crippen MR) is 83.6 cm³/mol. The molecule has 0 atom stereocenters. The van der Waals surface area contributed by atoms with E-state index in [1.165, 1.54) is 0 Å². The maximum absolute atomic E-state index is 12.0. The first kappa shape index (κ1) is 13.6. The van der Waals surface area contributed by atoms with Gasteiger partial charge in [-0.2, -0.15) is 0 Å². The summed E-state index contributed by atoms with van der Waals surface area (Å²) in [5.41, 5.74) is 2.51. The van der Waals surface area contributed by atoms with Gasteiger partial charge in [-0.3, -0.25) is 4.79 Å². The van der Waals surface area contributed by atoms with E-state index in [0.29, 0.717) is 23.6 Å². The molecule has 2 aromatic carbocycles. The van der Waals surface area contributed by atoms with Crippen molar-refractivity contribution in [1.82, 2.24) is 15.3 Å². The molecule has 0 unspecified atom stereocenters. The molecule has 0 aliphatic carbocycles. The van der Waals surface area contributed by atoms with Crippen LogP contribution in [0.5, 0.6) is 0 Å². The molecule has 1 amide bonds. The van der Waals surface area contributed by atoms with Gasteiger partial charge >= 0.3 is 0 Å². The van der Waals surface area contributed by atoms with E-state index in [4.69, 9.17) is 11.6 Å². The van der Waals surface area contributed by atoms with Crippen molar-refractivity contribution in [2.24, 2.45) is 0 Å². The Morgan fingerprint density at radius 3 is 2.86 bits per heavy atom. The first-order chi connectivity index (χ1) is 10.2. The van der Waals surface area contributed by atoms with Crippen LogP contribution in [0.1, 0.15) is 16.2 Å². The summed E-state index contributed by atoms with van der Waals surface area (Å²) in [5, 5.41) is 3.42. The van der Waals surface area contributed by atoms with Gasteiger partial charge in [0.05, 0.1) is 11.0 Å². The molecule has 21 heavy (non-hydrogen) atoms. The largest absolute Gasteiger partial charge is 0.352 e. The quantitative estimate of drug-likeness (QED) is 0.777. The van der Waals surface area contributed by atoms with Crippen LogP contribution in [-0.4, -0.2) is 22.4 Å². The minimum absolute atomic E-state index is 0.131. The maximum atomic E-state index is 12.0. The van der Waals surface area contributed by atoms with Gasteiger partial charge in [0.25, 0.3) is 5.91 Å². The third kappa shape index (κ3) is 3.23. The van der Waals surface area contributed by atoms with Crippen molar-refractivity contribution >= 4 is 28.5 Å². The zero-order chi connectivity index (χ0) is 14.7. The molecule has 106 valence electrons. The van der Waals surface area contributed by atoms with Crippen LogP contribution < -0.4 is 5.32 Å². The fourth-order valence-corrected chi connectivity index (χ4v) is 2.34. The molecule has 0 fully saturated rings. The number of para-hydroxylation sites is 2. The Balaban J connectivity index is 1.59. The second kappa shape index (κ2) is 5.97. The summed E-state index contributed by atoms with van der Waals surface area (Å²) < 4.78 is 0. The molecule has 3 rings (SSSR count). The van der Waals surface area contributed by atoms with E-state index in [1.807, 2.05) is 24.3 Å². The third-order valence-electron chi connectivity index (χ3n) is 3.17. The number of nitrogens with zero attached hydrogens (tertiary/aromatic N) is 1. The molecular formula is C16H14ClN3O.